The van der Waals surface area contributed by atoms with E-state index in [9.17, 15) is 10.1 Å². The van der Waals surface area contributed by atoms with E-state index >= 15 is 0 Å². The van der Waals surface area contributed by atoms with Crippen molar-refractivity contribution in [2.45, 2.75) is 18.8 Å². The fourth-order valence-corrected chi connectivity index (χ4v) is 3.48. The molecule has 1 atom stereocenters. The van der Waals surface area contributed by atoms with Gasteiger partial charge in [-0.05, 0) is 37.1 Å². The fourth-order valence-electron chi connectivity index (χ4n) is 2.91. The van der Waals surface area contributed by atoms with Gasteiger partial charge in [-0.2, -0.15) is 5.26 Å². The lowest BCUT2D eigenvalue weighted by Gasteiger charge is -2.23. The Morgan fingerprint density at radius 1 is 1.18 bits per heavy atom. The van der Waals surface area contributed by atoms with Crippen molar-refractivity contribution in [3.8, 4) is 6.07 Å². The van der Waals surface area contributed by atoms with Crippen molar-refractivity contribution >= 4 is 34.8 Å². The number of carbonyl (C=O) groups is 1. The Balaban J connectivity index is 2.14. The maximum absolute atomic E-state index is 12.6. The summed E-state index contributed by atoms with van der Waals surface area (Å²) in [5, 5.41) is 13.0. The van der Waals surface area contributed by atoms with Gasteiger partial charge in [0.1, 0.15) is 0 Å². The minimum atomic E-state index is -0.857. The topological polar surface area (TPSA) is 52.9 Å². The van der Waals surface area contributed by atoms with Crippen molar-refractivity contribution in [3.63, 3.8) is 0 Å². The molecule has 0 aliphatic carbocycles. The summed E-state index contributed by atoms with van der Waals surface area (Å²) in [5.41, 5.74) is 1.77. The van der Waals surface area contributed by atoms with Gasteiger partial charge in [-0.3, -0.25) is 4.79 Å². The van der Waals surface area contributed by atoms with Gasteiger partial charge in [-0.25, -0.2) is 0 Å². The van der Waals surface area contributed by atoms with Crippen molar-refractivity contribution in [2.24, 2.45) is 0 Å². The number of benzene rings is 2. The van der Waals surface area contributed by atoms with E-state index in [0.29, 0.717) is 33.3 Å². The zero-order valence-corrected chi connectivity index (χ0v) is 13.3. The third-order valence-electron chi connectivity index (χ3n) is 4.08. The van der Waals surface area contributed by atoms with Crippen molar-refractivity contribution < 1.29 is 4.79 Å². The Kier molecular flexibility index (Phi) is 3.60. The van der Waals surface area contributed by atoms with Crippen LogP contribution in [0, 0.1) is 11.3 Å². The number of nitriles is 1. The maximum atomic E-state index is 12.6. The van der Waals surface area contributed by atoms with E-state index in [1.165, 1.54) is 0 Å². The zero-order chi connectivity index (χ0) is 15.9. The molecule has 0 bridgehead atoms. The maximum Gasteiger partial charge on any atom is 0.235 e. The molecule has 22 heavy (non-hydrogen) atoms. The van der Waals surface area contributed by atoms with E-state index in [1.54, 1.807) is 24.3 Å². The highest BCUT2D eigenvalue weighted by atomic mass is 35.5. The quantitative estimate of drug-likeness (QED) is 0.891. The van der Waals surface area contributed by atoms with E-state index in [2.05, 4.69) is 11.4 Å². The molecule has 1 aliphatic heterocycles. The van der Waals surface area contributed by atoms with Gasteiger partial charge in [0, 0.05) is 10.6 Å². The number of nitrogens with zero attached hydrogens (tertiary/aromatic N) is 1. The first-order valence-electron chi connectivity index (χ1n) is 6.75. The van der Waals surface area contributed by atoms with Crippen molar-refractivity contribution in [1.29, 1.82) is 5.26 Å². The number of hydrogen-bond donors (Lipinski definition) is 1. The highest BCUT2D eigenvalue weighted by Gasteiger charge is 2.45. The van der Waals surface area contributed by atoms with Crippen LogP contribution < -0.4 is 5.32 Å². The SMILES string of the molecule is CC1(Cc2ccccc2C#N)C(=O)Nc2c(Cl)ccc(Cl)c21. The number of halogens is 2. The van der Waals surface area contributed by atoms with Gasteiger partial charge < -0.3 is 5.32 Å². The number of amides is 1. The first kappa shape index (κ1) is 14.9. The Labute approximate surface area is 138 Å². The van der Waals surface area contributed by atoms with Crippen molar-refractivity contribution in [3.05, 3.63) is 63.1 Å². The average molecular weight is 331 g/mol. The summed E-state index contributed by atoms with van der Waals surface area (Å²) >= 11 is 12.5. The van der Waals surface area contributed by atoms with Gasteiger partial charge in [-0.15, -0.1) is 0 Å². The van der Waals surface area contributed by atoms with Crippen LogP contribution in [0.2, 0.25) is 10.0 Å². The van der Waals surface area contributed by atoms with Crippen LogP contribution in [-0.4, -0.2) is 5.91 Å². The van der Waals surface area contributed by atoms with Crippen LogP contribution in [-0.2, 0) is 16.6 Å². The molecule has 3 rings (SSSR count). The third-order valence-corrected chi connectivity index (χ3v) is 4.71. The van der Waals surface area contributed by atoms with Crippen molar-refractivity contribution in [2.75, 3.05) is 5.32 Å². The molecule has 5 heteroatoms. The second-order valence-corrected chi connectivity index (χ2v) is 6.33. The molecule has 3 nitrogen and oxygen atoms in total. The predicted molar refractivity (Wildman–Crippen MR) is 87.3 cm³/mol. The standard InChI is InChI=1S/C17H12Cl2N2O/c1-17(8-10-4-2-3-5-11(10)9-20)14-12(18)6-7-13(19)15(14)21-16(17)22/h2-7H,8H2,1H3,(H,21,22). The van der Waals surface area contributed by atoms with Gasteiger partial charge in [-0.1, -0.05) is 41.4 Å². The molecule has 0 spiro atoms. The molecule has 0 saturated carbocycles. The zero-order valence-electron chi connectivity index (χ0n) is 11.8. The van der Waals surface area contributed by atoms with Gasteiger partial charge in [0.2, 0.25) is 5.91 Å². The van der Waals surface area contributed by atoms with Gasteiger partial charge in [0.05, 0.1) is 27.8 Å². The van der Waals surface area contributed by atoms with Gasteiger partial charge in [0.15, 0.2) is 0 Å². The molecular formula is C17H12Cl2N2O. The number of carbonyl (C=O) groups excluding carboxylic acids is 1. The molecule has 1 aliphatic rings. The largest absolute Gasteiger partial charge is 0.324 e. The minimum absolute atomic E-state index is 0.162. The van der Waals surface area contributed by atoms with Crippen molar-refractivity contribution in [1.82, 2.24) is 0 Å². The molecule has 0 saturated heterocycles. The smallest absolute Gasteiger partial charge is 0.235 e. The van der Waals surface area contributed by atoms with Crippen LogP contribution in [0.1, 0.15) is 23.6 Å². The molecule has 2 aromatic rings. The normalized spacial score (nSPS) is 19.5. The van der Waals surface area contributed by atoms with E-state index in [4.69, 9.17) is 23.2 Å². The van der Waals surface area contributed by atoms with Crippen LogP contribution in [0.15, 0.2) is 36.4 Å². The number of fused-ring (bicyclic) bond motifs is 1. The summed E-state index contributed by atoms with van der Waals surface area (Å²) < 4.78 is 0. The molecule has 1 unspecified atom stereocenters. The lowest BCUT2D eigenvalue weighted by atomic mass is 9.77. The lowest BCUT2D eigenvalue weighted by molar-refractivity contribution is -0.120. The van der Waals surface area contributed by atoms with Gasteiger partial charge >= 0.3 is 0 Å². The Hall–Kier alpha value is -2.02. The molecular weight excluding hydrogens is 319 g/mol. The average Bonchev–Trinajstić information content (AvgIpc) is 2.77. The Bertz CT molecular complexity index is 826. The first-order chi connectivity index (χ1) is 10.5. The van der Waals surface area contributed by atoms with Crippen LogP contribution in [0.4, 0.5) is 5.69 Å². The van der Waals surface area contributed by atoms with E-state index in [-0.39, 0.29) is 5.91 Å². The molecule has 2 aromatic carbocycles. The van der Waals surface area contributed by atoms with Gasteiger partial charge in [0.25, 0.3) is 0 Å². The monoisotopic (exact) mass is 330 g/mol. The van der Waals surface area contributed by atoms with E-state index in [1.807, 2.05) is 19.1 Å². The summed E-state index contributed by atoms with van der Waals surface area (Å²) in [6, 6.07) is 12.8. The number of hydrogen-bond acceptors (Lipinski definition) is 2. The number of anilines is 1. The van der Waals surface area contributed by atoms with Crippen LogP contribution >= 0.6 is 23.2 Å². The highest BCUT2D eigenvalue weighted by molar-refractivity contribution is 6.38. The minimum Gasteiger partial charge on any atom is -0.324 e. The highest BCUT2D eigenvalue weighted by Crippen LogP contribution is 2.47. The first-order valence-corrected chi connectivity index (χ1v) is 7.51. The van der Waals surface area contributed by atoms with E-state index in [0.717, 1.165) is 5.56 Å². The van der Waals surface area contributed by atoms with Crippen LogP contribution in [0.25, 0.3) is 0 Å². The molecule has 0 fully saturated rings. The van der Waals surface area contributed by atoms with Crippen LogP contribution in [0.3, 0.4) is 0 Å². The summed E-state index contributed by atoms with van der Waals surface area (Å²) in [5.74, 6) is -0.162. The second-order valence-electron chi connectivity index (χ2n) is 5.51. The molecule has 0 aromatic heterocycles. The fraction of sp³-hybridized carbons (Fsp3) is 0.176. The van der Waals surface area contributed by atoms with Crippen LogP contribution in [0.5, 0.6) is 0 Å². The summed E-state index contributed by atoms with van der Waals surface area (Å²) in [6.45, 7) is 1.82. The Morgan fingerprint density at radius 3 is 2.59 bits per heavy atom. The molecule has 1 heterocycles. The number of nitrogens with one attached hydrogen (secondary N) is 1. The number of rotatable bonds is 2. The third kappa shape index (κ3) is 2.16. The molecule has 1 N–H and O–H groups in total. The Morgan fingerprint density at radius 2 is 1.86 bits per heavy atom. The summed E-state index contributed by atoms with van der Waals surface area (Å²) in [7, 11) is 0. The molecule has 0 radical (unpaired) electrons. The molecule has 110 valence electrons. The summed E-state index contributed by atoms with van der Waals surface area (Å²) in [6.07, 6.45) is 0.385. The second kappa shape index (κ2) is 5.31. The molecule has 1 amide bonds. The predicted octanol–water partition coefficient (Wildman–Crippen LogP) is 4.32. The summed E-state index contributed by atoms with van der Waals surface area (Å²) in [4.78, 5) is 12.6. The lowest BCUT2D eigenvalue weighted by Crippen LogP contribution is -2.33. The van der Waals surface area contributed by atoms with E-state index < -0.39 is 5.41 Å².